The van der Waals surface area contributed by atoms with Crippen molar-refractivity contribution >= 4 is 65.8 Å². The molecule has 2 aromatic rings. The Morgan fingerprint density at radius 3 is 2.21 bits per heavy atom. The van der Waals surface area contributed by atoms with Crippen LogP contribution >= 0.6 is 65.8 Å². The molecule has 0 fully saturated rings. The summed E-state index contributed by atoms with van der Waals surface area (Å²) in [4.78, 5) is 0. The SMILES string of the molecule is Brc1cc(Br)cc(-c2nnc(I)s2)c1. The molecule has 2 rings (SSSR count). The van der Waals surface area contributed by atoms with Gasteiger partial charge in [0.2, 0.25) is 0 Å². The topological polar surface area (TPSA) is 25.8 Å². The van der Waals surface area contributed by atoms with Crippen molar-refractivity contribution in [3.8, 4) is 10.6 Å². The van der Waals surface area contributed by atoms with E-state index in [-0.39, 0.29) is 0 Å². The van der Waals surface area contributed by atoms with Crippen LogP contribution in [-0.2, 0) is 0 Å². The molecule has 0 saturated carbocycles. The van der Waals surface area contributed by atoms with E-state index in [1.165, 1.54) is 0 Å². The normalized spacial score (nSPS) is 10.5. The molecule has 0 bridgehead atoms. The Balaban J connectivity index is 2.51. The predicted octanol–water partition coefficient (Wildman–Crippen LogP) is 4.33. The lowest BCUT2D eigenvalue weighted by Crippen LogP contribution is -1.77. The second-order valence-electron chi connectivity index (χ2n) is 2.52. The summed E-state index contributed by atoms with van der Waals surface area (Å²) < 4.78 is 3.02. The van der Waals surface area contributed by atoms with Gasteiger partial charge in [0.05, 0.1) is 0 Å². The lowest BCUT2D eigenvalue weighted by atomic mass is 10.2. The maximum Gasteiger partial charge on any atom is 0.178 e. The molecule has 0 N–H and O–H groups in total. The number of aromatic nitrogens is 2. The highest BCUT2D eigenvalue weighted by atomic mass is 127. The van der Waals surface area contributed by atoms with Gasteiger partial charge in [0.1, 0.15) is 5.01 Å². The van der Waals surface area contributed by atoms with Crippen molar-refractivity contribution in [3.05, 3.63) is 30.2 Å². The summed E-state index contributed by atoms with van der Waals surface area (Å²) in [6.45, 7) is 0. The van der Waals surface area contributed by atoms with Gasteiger partial charge in [-0.25, -0.2) is 0 Å². The zero-order chi connectivity index (χ0) is 10.1. The third-order valence-electron chi connectivity index (χ3n) is 1.51. The fourth-order valence-corrected chi connectivity index (χ4v) is 3.59. The Morgan fingerprint density at radius 1 is 1.07 bits per heavy atom. The molecule has 2 nitrogen and oxygen atoms in total. The van der Waals surface area contributed by atoms with E-state index < -0.39 is 0 Å². The van der Waals surface area contributed by atoms with Crippen LogP contribution in [0.5, 0.6) is 0 Å². The summed E-state index contributed by atoms with van der Waals surface area (Å²) in [6.07, 6.45) is 0. The van der Waals surface area contributed by atoms with Crippen LogP contribution in [0.25, 0.3) is 10.6 Å². The summed E-state index contributed by atoms with van der Waals surface area (Å²) >= 11 is 10.6. The van der Waals surface area contributed by atoms with E-state index in [0.29, 0.717) is 0 Å². The number of benzene rings is 1. The molecule has 0 amide bonds. The molecule has 0 saturated heterocycles. The highest BCUT2D eigenvalue weighted by molar-refractivity contribution is 14.1. The average molecular weight is 446 g/mol. The maximum atomic E-state index is 4.09. The summed E-state index contributed by atoms with van der Waals surface area (Å²) in [7, 11) is 0. The van der Waals surface area contributed by atoms with Gasteiger partial charge in [-0.3, -0.25) is 0 Å². The van der Waals surface area contributed by atoms with E-state index in [0.717, 1.165) is 22.5 Å². The Morgan fingerprint density at radius 2 is 1.71 bits per heavy atom. The standard InChI is InChI=1S/C8H3Br2IN2S/c9-5-1-4(2-6(10)3-5)7-12-13-8(11)14-7/h1-3H. The molecule has 0 radical (unpaired) electrons. The number of hydrogen-bond donors (Lipinski definition) is 0. The van der Waals surface area contributed by atoms with Gasteiger partial charge in [-0.2, -0.15) is 0 Å². The minimum absolute atomic E-state index is 0.941. The first kappa shape index (κ1) is 11.0. The van der Waals surface area contributed by atoms with Crippen LogP contribution in [0.3, 0.4) is 0 Å². The molecule has 6 heteroatoms. The van der Waals surface area contributed by atoms with E-state index in [2.05, 4.69) is 64.6 Å². The molecule has 0 aliphatic carbocycles. The third-order valence-corrected chi connectivity index (χ3v) is 4.06. The maximum absolute atomic E-state index is 4.09. The highest BCUT2D eigenvalue weighted by Gasteiger charge is 2.06. The van der Waals surface area contributed by atoms with Gasteiger partial charge in [-0.05, 0) is 40.8 Å². The smallest absolute Gasteiger partial charge is 0.137 e. The summed E-state index contributed by atoms with van der Waals surface area (Å²) in [6, 6.07) is 6.05. The minimum atomic E-state index is 0.941. The minimum Gasteiger partial charge on any atom is -0.137 e. The van der Waals surface area contributed by atoms with E-state index in [1.54, 1.807) is 11.3 Å². The Labute approximate surface area is 116 Å². The molecule has 72 valence electrons. The zero-order valence-corrected chi connectivity index (χ0v) is 12.8. The molecule has 0 spiro atoms. The molecule has 0 aliphatic heterocycles. The fraction of sp³-hybridized carbons (Fsp3) is 0. The van der Waals surface area contributed by atoms with Gasteiger partial charge >= 0.3 is 0 Å². The van der Waals surface area contributed by atoms with Gasteiger partial charge < -0.3 is 0 Å². The Bertz CT molecular complexity index is 452. The lowest BCUT2D eigenvalue weighted by Gasteiger charge is -1.98. The first-order valence-corrected chi connectivity index (χ1v) is 7.09. The summed E-state index contributed by atoms with van der Waals surface area (Å²) in [5.41, 5.74) is 1.08. The number of nitrogens with zero attached hydrogens (tertiary/aromatic N) is 2. The first-order chi connectivity index (χ1) is 6.65. The van der Waals surface area contributed by atoms with Crippen molar-refractivity contribution in [2.24, 2.45) is 0 Å². The molecule has 1 heterocycles. The van der Waals surface area contributed by atoms with Gasteiger partial charge in [-0.15, -0.1) is 10.2 Å². The van der Waals surface area contributed by atoms with E-state index in [4.69, 9.17) is 0 Å². The van der Waals surface area contributed by atoms with Gasteiger partial charge in [0.15, 0.2) is 3.01 Å². The number of hydrogen-bond acceptors (Lipinski definition) is 3. The van der Waals surface area contributed by atoms with Crippen LogP contribution in [0, 0.1) is 3.01 Å². The van der Waals surface area contributed by atoms with Crippen LogP contribution in [0.2, 0.25) is 0 Å². The van der Waals surface area contributed by atoms with Crippen molar-refractivity contribution < 1.29 is 0 Å². The Kier molecular flexibility index (Phi) is 3.56. The largest absolute Gasteiger partial charge is 0.178 e. The molecule has 0 atom stereocenters. The molecular weight excluding hydrogens is 443 g/mol. The molecule has 0 aliphatic rings. The van der Waals surface area contributed by atoms with Crippen LogP contribution in [-0.4, -0.2) is 10.2 Å². The second kappa shape index (κ2) is 4.54. The van der Waals surface area contributed by atoms with Crippen molar-refractivity contribution in [1.29, 1.82) is 0 Å². The average Bonchev–Trinajstić information content (AvgIpc) is 2.50. The number of halogens is 3. The summed E-state index contributed by atoms with van der Waals surface area (Å²) in [5, 5.41) is 9.01. The molecule has 14 heavy (non-hydrogen) atoms. The van der Waals surface area contributed by atoms with Crippen LogP contribution in [0.4, 0.5) is 0 Å². The zero-order valence-electron chi connectivity index (χ0n) is 6.67. The van der Waals surface area contributed by atoms with Crippen molar-refractivity contribution in [2.75, 3.05) is 0 Å². The fourth-order valence-electron chi connectivity index (χ4n) is 0.999. The van der Waals surface area contributed by atoms with Crippen LogP contribution < -0.4 is 0 Å². The molecule has 1 aromatic heterocycles. The Hall–Kier alpha value is 0.470. The predicted molar refractivity (Wildman–Crippen MR) is 73.5 cm³/mol. The monoisotopic (exact) mass is 444 g/mol. The van der Waals surface area contributed by atoms with Gasteiger partial charge in [0, 0.05) is 14.5 Å². The first-order valence-electron chi connectivity index (χ1n) is 3.60. The van der Waals surface area contributed by atoms with Crippen molar-refractivity contribution in [2.45, 2.75) is 0 Å². The van der Waals surface area contributed by atoms with Crippen LogP contribution in [0.15, 0.2) is 27.1 Å². The van der Waals surface area contributed by atoms with Crippen molar-refractivity contribution in [1.82, 2.24) is 10.2 Å². The van der Waals surface area contributed by atoms with Gasteiger partial charge in [0.25, 0.3) is 0 Å². The molecule has 0 unspecified atom stereocenters. The third kappa shape index (κ3) is 2.53. The molecular formula is C8H3Br2IN2S. The van der Waals surface area contributed by atoms with Crippen LogP contribution in [0.1, 0.15) is 0 Å². The van der Waals surface area contributed by atoms with Gasteiger partial charge in [-0.1, -0.05) is 43.2 Å². The quantitative estimate of drug-likeness (QED) is 0.610. The van der Waals surface area contributed by atoms with E-state index in [1.807, 2.05) is 18.2 Å². The second-order valence-corrected chi connectivity index (χ2v) is 7.08. The van der Waals surface area contributed by atoms with E-state index >= 15 is 0 Å². The lowest BCUT2D eigenvalue weighted by molar-refractivity contribution is 1.07. The van der Waals surface area contributed by atoms with E-state index in [9.17, 15) is 0 Å². The number of rotatable bonds is 1. The molecule has 1 aromatic carbocycles. The van der Waals surface area contributed by atoms with Crippen molar-refractivity contribution in [3.63, 3.8) is 0 Å². The highest BCUT2D eigenvalue weighted by Crippen LogP contribution is 2.29. The summed E-state index contributed by atoms with van der Waals surface area (Å²) in [5.74, 6) is 0.